The SMILES string of the molecule is Nc1sc2c(c1-c1cccnc1C=O)CCN(Cc1ccccc1)C2. The summed E-state index contributed by atoms with van der Waals surface area (Å²) in [5.74, 6) is 0. The number of nitrogens with zero attached hydrogens (tertiary/aromatic N) is 2. The maximum atomic E-state index is 11.3. The zero-order chi connectivity index (χ0) is 17.2. The monoisotopic (exact) mass is 349 g/mol. The summed E-state index contributed by atoms with van der Waals surface area (Å²) in [6.45, 7) is 2.83. The van der Waals surface area contributed by atoms with Gasteiger partial charge in [0.15, 0.2) is 6.29 Å². The quantitative estimate of drug-likeness (QED) is 0.729. The molecular weight excluding hydrogens is 330 g/mol. The van der Waals surface area contributed by atoms with E-state index in [1.807, 2.05) is 18.2 Å². The molecule has 0 bridgehead atoms. The highest BCUT2D eigenvalue weighted by atomic mass is 32.1. The molecule has 0 saturated carbocycles. The van der Waals surface area contributed by atoms with Crippen LogP contribution in [0, 0.1) is 0 Å². The second-order valence-corrected chi connectivity index (χ2v) is 7.38. The van der Waals surface area contributed by atoms with Crippen molar-refractivity contribution >= 4 is 22.6 Å². The van der Waals surface area contributed by atoms with Crippen LogP contribution in [0.1, 0.15) is 26.5 Å². The zero-order valence-electron chi connectivity index (χ0n) is 13.8. The Labute approximate surface area is 150 Å². The topological polar surface area (TPSA) is 59.2 Å². The van der Waals surface area contributed by atoms with Crippen molar-refractivity contribution < 1.29 is 4.79 Å². The van der Waals surface area contributed by atoms with E-state index < -0.39 is 0 Å². The molecular formula is C20H19N3OS. The van der Waals surface area contributed by atoms with Gasteiger partial charge in [-0.05, 0) is 23.6 Å². The number of rotatable bonds is 4. The molecule has 2 aromatic heterocycles. The van der Waals surface area contributed by atoms with Crippen LogP contribution in [0.25, 0.3) is 11.1 Å². The van der Waals surface area contributed by atoms with E-state index in [1.165, 1.54) is 16.0 Å². The molecule has 0 amide bonds. The van der Waals surface area contributed by atoms with Crippen LogP contribution >= 0.6 is 11.3 Å². The third kappa shape index (κ3) is 3.08. The number of carbonyl (C=O) groups excluding carboxylic acids is 1. The van der Waals surface area contributed by atoms with Crippen LogP contribution in [0.3, 0.4) is 0 Å². The molecule has 0 atom stereocenters. The number of aromatic nitrogens is 1. The highest BCUT2D eigenvalue weighted by Crippen LogP contribution is 2.42. The average Bonchev–Trinajstić information content (AvgIpc) is 2.97. The fourth-order valence-electron chi connectivity index (χ4n) is 3.47. The summed E-state index contributed by atoms with van der Waals surface area (Å²) in [5.41, 5.74) is 11.3. The van der Waals surface area contributed by atoms with Gasteiger partial charge in [-0.15, -0.1) is 11.3 Å². The molecule has 1 aliphatic rings. The van der Waals surface area contributed by atoms with Crippen molar-refractivity contribution in [3.63, 3.8) is 0 Å². The van der Waals surface area contributed by atoms with Crippen molar-refractivity contribution in [2.45, 2.75) is 19.5 Å². The molecule has 1 aromatic carbocycles. The Morgan fingerprint density at radius 1 is 1.20 bits per heavy atom. The molecule has 2 N–H and O–H groups in total. The van der Waals surface area contributed by atoms with Crippen LogP contribution in [0.15, 0.2) is 48.7 Å². The van der Waals surface area contributed by atoms with Crippen molar-refractivity contribution in [2.75, 3.05) is 12.3 Å². The van der Waals surface area contributed by atoms with E-state index in [1.54, 1.807) is 17.5 Å². The van der Waals surface area contributed by atoms with Gasteiger partial charge in [0.25, 0.3) is 0 Å². The van der Waals surface area contributed by atoms with Crippen LogP contribution in [0.5, 0.6) is 0 Å². The lowest BCUT2D eigenvalue weighted by Gasteiger charge is -2.27. The average molecular weight is 349 g/mol. The first-order chi connectivity index (χ1) is 12.3. The first kappa shape index (κ1) is 16.0. The van der Waals surface area contributed by atoms with Crippen LogP contribution in [-0.2, 0) is 19.5 Å². The predicted octanol–water partition coefficient (Wildman–Crippen LogP) is 3.76. The normalized spacial score (nSPS) is 14.2. The summed E-state index contributed by atoms with van der Waals surface area (Å²) < 4.78 is 0. The molecule has 0 fully saturated rings. The minimum absolute atomic E-state index is 0.460. The van der Waals surface area contributed by atoms with Gasteiger partial charge in [0, 0.05) is 41.8 Å². The second-order valence-electron chi connectivity index (χ2n) is 6.24. The number of nitrogen functional groups attached to an aromatic ring is 1. The van der Waals surface area contributed by atoms with Crippen molar-refractivity contribution in [2.24, 2.45) is 0 Å². The summed E-state index contributed by atoms with van der Waals surface area (Å²) in [5, 5.41) is 0.780. The maximum absolute atomic E-state index is 11.3. The largest absolute Gasteiger partial charge is 0.390 e. The number of carbonyl (C=O) groups is 1. The van der Waals surface area contributed by atoms with E-state index in [4.69, 9.17) is 5.73 Å². The van der Waals surface area contributed by atoms with Gasteiger partial charge in [-0.1, -0.05) is 36.4 Å². The van der Waals surface area contributed by atoms with Crippen LogP contribution < -0.4 is 5.73 Å². The molecule has 25 heavy (non-hydrogen) atoms. The van der Waals surface area contributed by atoms with E-state index in [0.29, 0.717) is 5.69 Å². The summed E-state index contributed by atoms with van der Waals surface area (Å²) in [7, 11) is 0. The summed E-state index contributed by atoms with van der Waals surface area (Å²) >= 11 is 1.64. The van der Waals surface area contributed by atoms with E-state index in [-0.39, 0.29) is 0 Å². The van der Waals surface area contributed by atoms with Crippen molar-refractivity contribution in [3.05, 3.63) is 70.4 Å². The number of nitrogens with two attached hydrogens (primary N) is 1. The van der Waals surface area contributed by atoms with Gasteiger partial charge < -0.3 is 5.73 Å². The molecule has 4 nitrogen and oxygen atoms in total. The highest BCUT2D eigenvalue weighted by Gasteiger charge is 2.25. The number of aldehydes is 1. The van der Waals surface area contributed by atoms with Gasteiger partial charge in [-0.2, -0.15) is 0 Å². The molecule has 126 valence electrons. The van der Waals surface area contributed by atoms with Crippen LogP contribution in [0.4, 0.5) is 5.00 Å². The molecule has 1 aliphatic heterocycles. The van der Waals surface area contributed by atoms with Gasteiger partial charge in [-0.3, -0.25) is 14.7 Å². The lowest BCUT2D eigenvalue weighted by Crippen LogP contribution is -2.29. The standard InChI is InChI=1S/C20H19N3OS/c21-20-19(15-7-4-9-22-17(15)13-24)16-8-10-23(12-18(16)25-20)11-14-5-2-1-3-6-14/h1-7,9,13H,8,10-12,21H2. The number of pyridine rings is 1. The number of hydrogen-bond acceptors (Lipinski definition) is 5. The molecule has 5 heteroatoms. The number of fused-ring (bicyclic) bond motifs is 1. The lowest BCUT2D eigenvalue weighted by atomic mass is 9.96. The first-order valence-corrected chi connectivity index (χ1v) is 9.14. The van der Waals surface area contributed by atoms with E-state index >= 15 is 0 Å². The third-order valence-electron chi connectivity index (χ3n) is 4.63. The Hall–Kier alpha value is -2.50. The van der Waals surface area contributed by atoms with Crippen LogP contribution in [0.2, 0.25) is 0 Å². The molecule has 0 saturated heterocycles. The number of anilines is 1. The Morgan fingerprint density at radius 3 is 2.84 bits per heavy atom. The van der Waals surface area contributed by atoms with E-state index in [0.717, 1.165) is 48.5 Å². The summed E-state index contributed by atoms with van der Waals surface area (Å²) in [4.78, 5) is 19.3. The summed E-state index contributed by atoms with van der Waals surface area (Å²) in [6.07, 6.45) is 3.39. The van der Waals surface area contributed by atoms with Gasteiger partial charge >= 0.3 is 0 Å². The molecule has 0 radical (unpaired) electrons. The molecule has 3 aromatic rings. The smallest absolute Gasteiger partial charge is 0.169 e. The second kappa shape index (κ2) is 6.78. The maximum Gasteiger partial charge on any atom is 0.169 e. The number of thiophene rings is 1. The minimum Gasteiger partial charge on any atom is -0.390 e. The van der Waals surface area contributed by atoms with Crippen molar-refractivity contribution in [3.8, 4) is 11.1 Å². The van der Waals surface area contributed by atoms with Crippen molar-refractivity contribution in [1.29, 1.82) is 0 Å². The number of hydrogen-bond donors (Lipinski definition) is 1. The van der Waals surface area contributed by atoms with E-state index in [2.05, 4.69) is 34.1 Å². The zero-order valence-corrected chi connectivity index (χ0v) is 14.6. The fourth-order valence-corrected chi connectivity index (χ4v) is 4.65. The Morgan fingerprint density at radius 2 is 2.04 bits per heavy atom. The van der Waals surface area contributed by atoms with Gasteiger partial charge in [-0.25, -0.2) is 0 Å². The molecule has 4 rings (SSSR count). The van der Waals surface area contributed by atoms with Gasteiger partial charge in [0.05, 0.1) is 5.00 Å². The van der Waals surface area contributed by atoms with Crippen LogP contribution in [-0.4, -0.2) is 22.7 Å². The molecule has 0 unspecified atom stereocenters. The van der Waals surface area contributed by atoms with Gasteiger partial charge in [0.1, 0.15) is 5.69 Å². The summed E-state index contributed by atoms with van der Waals surface area (Å²) in [6, 6.07) is 14.3. The highest BCUT2D eigenvalue weighted by molar-refractivity contribution is 7.16. The molecule has 3 heterocycles. The van der Waals surface area contributed by atoms with Gasteiger partial charge in [0.2, 0.25) is 0 Å². The number of benzene rings is 1. The predicted molar refractivity (Wildman–Crippen MR) is 102 cm³/mol. The lowest BCUT2D eigenvalue weighted by molar-refractivity contribution is 0.111. The molecule has 0 aliphatic carbocycles. The Kier molecular flexibility index (Phi) is 4.34. The molecule has 0 spiro atoms. The Balaban J connectivity index is 1.64. The minimum atomic E-state index is 0.460. The first-order valence-electron chi connectivity index (χ1n) is 8.33. The fraction of sp³-hybridized carbons (Fsp3) is 0.200. The Bertz CT molecular complexity index is 905. The van der Waals surface area contributed by atoms with Crippen molar-refractivity contribution in [1.82, 2.24) is 9.88 Å². The van der Waals surface area contributed by atoms with E-state index in [9.17, 15) is 4.79 Å². The third-order valence-corrected chi connectivity index (χ3v) is 5.68.